The van der Waals surface area contributed by atoms with Crippen LogP contribution in [0.4, 0.5) is 15.8 Å². The average Bonchev–Trinajstić information content (AvgIpc) is 2.03. The van der Waals surface area contributed by atoms with Gasteiger partial charge < -0.3 is 11.1 Å². The minimum Gasteiger partial charge on any atom is -0.399 e. The number of unbranched alkanes of at least 4 members (excludes halogenated alkanes) is 1. The zero-order chi connectivity index (χ0) is 9.68. The molecule has 72 valence electrons. The van der Waals surface area contributed by atoms with E-state index < -0.39 is 0 Å². The molecule has 0 atom stereocenters. The molecule has 0 aromatic heterocycles. The maximum absolute atomic E-state index is 12.8. The first-order chi connectivity index (χ1) is 6.22. The summed E-state index contributed by atoms with van der Waals surface area (Å²) in [7, 11) is 0. The summed E-state index contributed by atoms with van der Waals surface area (Å²) >= 11 is 0. The van der Waals surface area contributed by atoms with Gasteiger partial charge in [-0.2, -0.15) is 0 Å². The lowest BCUT2D eigenvalue weighted by Gasteiger charge is -2.06. The van der Waals surface area contributed by atoms with Gasteiger partial charge in [0.05, 0.1) is 0 Å². The van der Waals surface area contributed by atoms with Gasteiger partial charge in [0.2, 0.25) is 0 Å². The van der Waals surface area contributed by atoms with Crippen molar-refractivity contribution in [3.63, 3.8) is 0 Å². The Hall–Kier alpha value is -1.25. The molecule has 3 N–H and O–H groups in total. The molecule has 2 nitrogen and oxygen atoms in total. The predicted molar refractivity (Wildman–Crippen MR) is 54.2 cm³/mol. The van der Waals surface area contributed by atoms with Gasteiger partial charge in [-0.3, -0.25) is 0 Å². The highest BCUT2D eigenvalue weighted by atomic mass is 19.1. The summed E-state index contributed by atoms with van der Waals surface area (Å²) in [5.41, 5.74) is 6.70. The molecule has 1 rings (SSSR count). The van der Waals surface area contributed by atoms with E-state index in [1.54, 1.807) is 6.07 Å². The number of nitrogens with one attached hydrogen (secondary N) is 1. The first-order valence-corrected chi connectivity index (χ1v) is 4.52. The van der Waals surface area contributed by atoms with E-state index in [1.807, 2.05) is 0 Å². The number of nitrogen functional groups attached to an aromatic ring is 1. The largest absolute Gasteiger partial charge is 0.399 e. The molecule has 0 radical (unpaired) electrons. The Bertz CT molecular complexity index is 253. The summed E-state index contributed by atoms with van der Waals surface area (Å²) in [6, 6.07) is 4.50. The van der Waals surface area contributed by atoms with Crippen molar-refractivity contribution in [2.24, 2.45) is 0 Å². The van der Waals surface area contributed by atoms with Crippen LogP contribution in [0.2, 0.25) is 0 Å². The molecule has 0 heterocycles. The molecule has 0 aliphatic carbocycles. The van der Waals surface area contributed by atoms with Crippen LogP contribution in [0, 0.1) is 5.82 Å². The van der Waals surface area contributed by atoms with E-state index >= 15 is 0 Å². The summed E-state index contributed by atoms with van der Waals surface area (Å²) in [5.74, 6) is -0.293. The second-order valence-corrected chi connectivity index (χ2v) is 3.05. The molecule has 0 unspecified atom stereocenters. The highest BCUT2D eigenvalue weighted by molar-refractivity contribution is 5.54. The number of hydrogen-bond donors (Lipinski definition) is 2. The van der Waals surface area contributed by atoms with Crippen molar-refractivity contribution >= 4 is 11.4 Å². The van der Waals surface area contributed by atoms with Gasteiger partial charge >= 0.3 is 0 Å². The molecule has 0 aliphatic rings. The van der Waals surface area contributed by atoms with E-state index in [0.29, 0.717) is 5.69 Å². The maximum Gasteiger partial charge on any atom is 0.127 e. The van der Waals surface area contributed by atoms with Crippen LogP contribution in [0.3, 0.4) is 0 Å². The maximum atomic E-state index is 12.8. The second-order valence-electron chi connectivity index (χ2n) is 3.05. The Morgan fingerprint density at radius 3 is 2.77 bits per heavy atom. The van der Waals surface area contributed by atoms with Gasteiger partial charge in [0, 0.05) is 17.9 Å². The van der Waals surface area contributed by atoms with Gasteiger partial charge in [-0.1, -0.05) is 13.3 Å². The summed E-state index contributed by atoms with van der Waals surface area (Å²) in [6.45, 7) is 2.97. The van der Waals surface area contributed by atoms with E-state index in [4.69, 9.17) is 5.73 Å². The molecule has 0 saturated heterocycles. The topological polar surface area (TPSA) is 38.0 Å². The lowest BCUT2D eigenvalue weighted by molar-refractivity contribution is 0.629. The van der Waals surface area contributed by atoms with Crippen LogP contribution in [0.25, 0.3) is 0 Å². The molecular weight excluding hydrogens is 167 g/mol. The molecule has 13 heavy (non-hydrogen) atoms. The van der Waals surface area contributed by atoms with Crippen LogP contribution in [-0.4, -0.2) is 6.54 Å². The van der Waals surface area contributed by atoms with Crippen LogP contribution >= 0.6 is 0 Å². The van der Waals surface area contributed by atoms with Gasteiger partial charge in [0.15, 0.2) is 0 Å². The third-order valence-corrected chi connectivity index (χ3v) is 1.78. The zero-order valence-electron chi connectivity index (χ0n) is 7.81. The van der Waals surface area contributed by atoms with Gasteiger partial charge in [-0.05, 0) is 24.6 Å². The van der Waals surface area contributed by atoms with Crippen LogP contribution in [0.1, 0.15) is 19.8 Å². The second kappa shape index (κ2) is 4.70. The van der Waals surface area contributed by atoms with Gasteiger partial charge in [-0.15, -0.1) is 0 Å². The fourth-order valence-corrected chi connectivity index (χ4v) is 1.12. The van der Waals surface area contributed by atoms with Crippen molar-refractivity contribution < 1.29 is 4.39 Å². The van der Waals surface area contributed by atoms with E-state index in [2.05, 4.69) is 12.2 Å². The molecule has 0 spiro atoms. The van der Waals surface area contributed by atoms with Crippen molar-refractivity contribution in [1.29, 1.82) is 0 Å². The van der Waals surface area contributed by atoms with Crippen molar-refractivity contribution in [3.8, 4) is 0 Å². The zero-order valence-corrected chi connectivity index (χ0v) is 7.81. The normalized spacial score (nSPS) is 10.0. The standard InChI is InChI=1S/C10H15FN2/c1-2-3-4-13-10-6-8(11)5-9(12)7-10/h5-7,13H,2-4,12H2,1H3. The Labute approximate surface area is 77.9 Å². The Morgan fingerprint density at radius 1 is 1.38 bits per heavy atom. The van der Waals surface area contributed by atoms with Crippen molar-refractivity contribution in [3.05, 3.63) is 24.0 Å². The van der Waals surface area contributed by atoms with Crippen molar-refractivity contribution in [2.45, 2.75) is 19.8 Å². The number of benzene rings is 1. The summed E-state index contributed by atoms with van der Waals surface area (Å²) in [5, 5.41) is 3.11. The van der Waals surface area contributed by atoms with Gasteiger partial charge in [0.1, 0.15) is 5.82 Å². The quantitative estimate of drug-likeness (QED) is 0.555. The van der Waals surface area contributed by atoms with Gasteiger partial charge in [-0.25, -0.2) is 4.39 Å². The number of hydrogen-bond acceptors (Lipinski definition) is 2. The smallest absolute Gasteiger partial charge is 0.127 e. The molecule has 0 amide bonds. The molecule has 1 aromatic rings. The SMILES string of the molecule is CCCCNc1cc(N)cc(F)c1. The summed E-state index contributed by atoms with van der Waals surface area (Å²) in [4.78, 5) is 0. The van der Waals surface area contributed by atoms with E-state index in [9.17, 15) is 4.39 Å². The third-order valence-electron chi connectivity index (χ3n) is 1.78. The lowest BCUT2D eigenvalue weighted by Crippen LogP contribution is -2.01. The average molecular weight is 182 g/mol. The van der Waals surface area contributed by atoms with Crippen molar-refractivity contribution in [1.82, 2.24) is 0 Å². The van der Waals surface area contributed by atoms with E-state index in [0.717, 1.165) is 25.1 Å². The highest BCUT2D eigenvalue weighted by Crippen LogP contribution is 2.15. The summed E-state index contributed by atoms with van der Waals surface area (Å²) < 4.78 is 12.8. The molecule has 1 aromatic carbocycles. The predicted octanol–water partition coefficient (Wildman–Crippen LogP) is 2.62. The minimum atomic E-state index is -0.293. The highest BCUT2D eigenvalue weighted by Gasteiger charge is 1.96. The molecule has 0 aliphatic heterocycles. The minimum absolute atomic E-state index is 0.293. The van der Waals surface area contributed by atoms with E-state index in [1.165, 1.54) is 12.1 Å². The molecule has 0 saturated carbocycles. The first-order valence-electron chi connectivity index (χ1n) is 4.52. The fraction of sp³-hybridized carbons (Fsp3) is 0.400. The van der Waals surface area contributed by atoms with Crippen LogP contribution < -0.4 is 11.1 Å². The monoisotopic (exact) mass is 182 g/mol. The summed E-state index contributed by atoms with van der Waals surface area (Å²) in [6.07, 6.45) is 2.20. The molecular formula is C10H15FN2. The fourth-order valence-electron chi connectivity index (χ4n) is 1.12. The third kappa shape index (κ3) is 3.32. The Balaban J connectivity index is 2.56. The van der Waals surface area contributed by atoms with Crippen LogP contribution in [0.5, 0.6) is 0 Å². The van der Waals surface area contributed by atoms with Crippen LogP contribution in [-0.2, 0) is 0 Å². The molecule has 3 heteroatoms. The molecule has 0 fully saturated rings. The first kappa shape index (κ1) is 9.84. The number of rotatable bonds is 4. The van der Waals surface area contributed by atoms with Gasteiger partial charge in [0.25, 0.3) is 0 Å². The van der Waals surface area contributed by atoms with E-state index in [-0.39, 0.29) is 5.82 Å². The van der Waals surface area contributed by atoms with Crippen LogP contribution in [0.15, 0.2) is 18.2 Å². The Morgan fingerprint density at radius 2 is 2.15 bits per heavy atom. The lowest BCUT2D eigenvalue weighted by atomic mass is 10.2. The molecule has 0 bridgehead atoms. The number of halogens is 1. The number of anilines is 2. The Kier molecular flexibility index (Phi) is 3.55. The number of nitrogens with two attached hydrogens (primary N) is 1. The van der Waals surface area contributed by atoms with Crippen molar-refractivity contribution in [2.75, 3.05) is 17.6 Å².